The number of phenolic OH excluding ortho intramolecular Hbond substituents is 1. The summed E-state index contributed by atoms with van der Waals surface area (Å²) in [4.78, 5) is 37.4. The number of hydrogen-bond donors (Lipinski definition) is 3. The van der Waals surface area contributed by atoms with E-state index in [-0.39, 0.29) is 50.5 Å². The summed E-state index contributed by atoms with van der Waals surface area (Å²) < 4.78 is 11.1. The number of benzene rings is 3. The van der Waals surface area contributed by atoms with Gasteiger partial charge in [-0.3, -0.25) is 9.69 Å². The van der Waals surface area contributed by atoms with Crippen LogP contribution in [0.25, 0.3) is 0 Å². The van der Waals surface area contributed by atoms with Gasteiger partial charge in [0.1, 0.15) is 19.3 Å². The van der Waals surface area contributed by atoms with Crippen LogP contribution in [0.3, 0.4) is 0 Å². The second-order valence-corrected chi connectivity index (χ2v) is 8.42. The molecule has 3 rings (SSSR count). The van der Waals surface area contributed by atoms with Gasteiger partial charge in [-0.2, -0.15) is 0 Å². The van der Waals surface area contributed by atoms with Crippen LogP contribution in [-0.2, 0) is 34.0 Å². The van der Waals surface area contributed by atoms with E-state index >= 15 is 0 Å². The highest BCUT2D eigenvalue weighted by Gasteiger charge is 2.31. The molecule has 194 valence electrons. The van der Waals surface area contributed by atoms with Crippen LogP contribution in [0.2, 0.25) is 0 Å². The summed E-state index contributed by atoms with van der Waals surface area (Å²) in [5, 5.41) is 20.0. The molecule has 0 aliphatic carbocycles. The summed E-state index contributed by atoms with van der Waals surface area (Å²) in [6, 6.07) is 22.0. The van der Waals surface area contributed by atoms with E-state index in [1.54, 1.807) is 36.4 Å². The van der Waals surface area contributed by atoms with Gasteiger partial charge in [0.2, 0.25) is 5.91 Å². The molecule has 0 saturated carbocycles. The van der Waals surface area contributed by atoms with Gasteiger partial charge in [0, 0.05) is 13.0 Å². The van der Waals surface area contributed by atoms with Crippen molar-refractivity contribution < 1.29 is 34.1 Å². The van der Waals surface area contributed by atoms with Gasteiger partial charge in [-0.15, -0.1) is 0 Å². The number of nitrogens with two attached hydrogens (primary N) is 1. The minimum absolute atomic E-state index is 0.00769. The van der Waals surface area contributed by atoms with Gasteiger partial charge in [0.05, 0.1) is 0 Å². The van der Waals surface area contributed by atoms with E-state index < -0.39 is 24.0 Å². The number of hydrogen-bond acceptors (Lipinski definition) is 6. The highest BCUT2D eigenvalue weighted by atomic mass is 16.6. The van der Waals surface area contributed by atoms with Crippen molar-refractivity contribution in [3.63, 3.8) is 0 Å². The van der Waals surface area contributed by atoms with Gasteiger partial charge in [0.25, 0.3) is 0 Å². The Hall–Kier alpha value is -4.53. The molecule has 1 atom stereocenters. The van der Waals surface area contributed by atoms with E-state index in [9.17, 15) is 24.6 Å². The Balaban J connectivity index is 1.72. The van der Waals surface area contributed by atoms with Gasteiger partial charge in [0.15, 0.2) is 11.5 Å². The zero-order valence-electron chi connectivity index (χ0n) is 20.3. The van der Waals surface area contributed by atoms with Crippen molar-refractivity contribution >= 4 is 18.0 Å². The second-order valence-electron chi connectivity index (χ2n) is 8.42. The number of rotatable bonds is 13. The first-order chi connectivity index (χ1) is 17.8. The SMILES string of the molecule is NC(=O)CC[C@@H](C(=O)O)N(CCc1ccc(O)c(OCc2ccccc2)c1)C(=O)OCc1ccccc1. The van der Waals surface area contributed by atoms with Crippen LogP contribution in [0.4, 0.5) is 4.79 Å². The van der Waals surface area contributed by atoms with Crippen LogP contribution in [0, 0.1) is 0 Å². The molecular weight excluding hydrogens is 476 g/mol. The summed E-state index contributed by atoms with van der Waals surface area (Å²) in [5.41, 5.74) is 7.60. The van der Waals surface area contributed by atoms with Crippen LogP contribution in [0.1, 0.15) is 29.5 Å². The lowest BCUT2D eigenvalue weighted by molar-refractivity contribution is -0.143. The fourth-order valence-electron chi connectivity index (χ4n) is 3.68. The summed E-state index contributed by atoms with van der Waals surface area (Å²) in [7, 11) is 0. The van der Waals surface area contributed by atoms with Crippen molar-refractivity contribution in [3.05, 3.63) is 95.6 Å². The smallest absolute Gasteiger partial charge is 0.410 e. The zero-order valence-corrected chi connectivity index (χ0v) is 20.3. The Kier molecular flexibility index (Phi) is 9.90. The largest absolute Gasteiger partial charge is 0.504 e. The average molecular weight is 507 g/mol. The maximum absolute atomic E-state index is 13.0. The zero-order chi connectivity index (χ0) is 26.6. The Morgan fingerprint density at radius 1 is 0.865 bits per heavy atom. The van der Waals surface area contributed by atoms with Crippen LogP contribution in [-0.4, -0.2) is 45.7 Å². The molecule has 0 radical (unpaired) electrons. The van der Waals surface area contributed by atoms with E-state index in [1.165, 1.54) is 6.07 Å². The number of phenols is 1. The molecule has 3 aromatic carbocycles. The molecule has 9 nitrogen and oxygen atoms in total. The predicted molar refractivity (Wildman–Crippen MR) is 136 cm³/mol. The molecule has 2 amide bonds. The number of carboxylic acid groups (broad SMARTS) is 1. The molecule has 0 unspecified atom stereocenters. The van der Waals surface area contributed by atoms with Crippen molar-refractivity contribution in [1.29, 1.82) is 0 Å². The quantitative estimate of drug-likeness (QED) is 0.320. The number of amides is 2. The number of nitrogens with zero attached hydrogens (tertiary/aromatic N) is 1. The topological polar surface area (TPSA) is 139 Å². The molecule has 0 heterocycles. The third kappa shape index (κ3) is 8.57. The number of aromatic hydroxyl groups is 1. The fraction of sp³-hybridized carbons (Fsp3) is 0.250. The van der Waals surface area contributed by atoms with Crippen molar-refractivity contribution in [2.45, 2.75) is 38.5 Å². The third-order valence-electron chi connectivity index (χ3n) is 5.67. The Bertz CT molecular complexity index is 1190. The van der Waals surface area contributed by atoms with Crippen molar-refractivity contribution in [3.8, 4) is 11.5 Å². The summed E-state index contributed by atoms with van der Waals surface area (Å²) in [6.07, 6.45) is -0.912. The molecule has 0 saturated heterocycles. The predicted octanol–water partition coefficient (Wildman–Crippen LogP) is 3.87. The first kappa shape index (κ1) is 27.1. The normalized spacial score (nSPS) is 11.4. The van der Waals surface area contributed by atoms with E-state index in [1.807, 2.05) is 36.4 Å². The standard InChI is InChI=1S/C28H30N2O7/c29-26(32)14-12-23(27(33)34)30(28(35)37-19-22-9-5-2-6-10-22)16-15-20-11-13-24(31)25(17-20)36-18-21-7-3-1-4-8-21/h1-11,13,17,23,31H,12,14-16,18-19H2,(H2,29,32)(H,33,34)/t23-/m0/s1. The first-order valence-corrected chi connectivity index (χ1v) is 11.8. The van der Waals surface area contributed by atoms with Gasteiger partial charge < -0.3 is 25.4 Å². The summed E-state index contributed by atoms with van der Waals surface area (Å²) >= 11 is 0. The monoisotopic (exact) mass is 506 g/mol. The third-order valence-corrected chi connectivity index (χ3v) is 5.67. The van der Waals surface area contributed by atoms with E-state index in [0.29, 0.717) is 5.56 Å². The molecular formula is C28H30N2O7. The van der Waals surface area contributed by atoms with Crippen LogP contribution in [0.15, 0.2) is 78.9 Å². The molecule has 0 spiro atoms. The molecule has 0 fully saturated rings. The highest BCUT2D eigenvalue weighted by molar-refractivity contribution is 5.81. The molecule has 9 heteroatoms. The minimum Gasteiger partial charge on any atom is -0.504 e. The Labute approximate surface area is 215 Å². The summed E-state index contributed by atoms with van der Waals surface area (Å²) in [6.45, 7) is 0.214. The first-order valence-electron chi connectivity index (χ1n) is 11.8. The van der Waals surface area contributed by atoms with E-state index in [4.69, 9.17) is 15.2 Å². The van der Waals surface area contributed by atoms with Crippen LogP contribution in [0.5, 0.6) is 11.5 Å². The summed E-state index contributed by atoms with van der Waals surface area (Å²) in [5.74, 6) is -1.70. The molecule has 0 bridgehead atoms. The van der Waals surface area contributed by atoms with Crippen molar-refractivity contribution in [1.82, 2.24) is 4.90 Å². The van der Waals surface area contributed by atoms with Gasteiger partial charge in [-0.1, -0.05) is 66.7 Å². The van der Waals surface area contributed by atoms with E-state index in [0.717, 1.165) is 16.0 Å². The van der Waals surface area contributed by atoms with Crippen LogP contribution >= 0.6 is 0 Å². The molecule has 37 heavy (non-hydrogen) atoms. The van der Waals surface area contributed by atoms with Gasteiger partial charge >= 0.3 is 12.1 Å². The van der Waals surface area contributed by atoms with E-state index in [2.05, 4.69) is 0 Å². The molecule has 3 aromatic rings. The molecule has 4 N–H and O–H groups in total. The number of primary amides is 1. The van der Waals surface area contributed by atoms with Gasteiger partial charge in [-0.05, 0) is 41.7 Å². The number of carbonyl (C=O) groups is 3. The lowest BCUT2D eigenvalue weighted by Crippen LogP contribution is -2.46. The maximum atomic E-state index is 13.0. The molecule has 0 aliphatic rings. The van der Waals surface area contributed by atoms with Crippen molar-refractivity contribution in [2.75, 3.05) is 6.54 Å². The maximum Gasteiger partial charge on any atom is 0.410 e. The number of ether oxygens (including phenoxy) is 2. The Morgan fingerprint density at radius 3 is 2.08 bits per heavy atom. The van der Waals surface area contributed by atoms with Crippen LogP contribution < -0.4 is 10.5 Å². The van der Waals surface area contributed by atoms with Gasteiger partial charge in [-0.25, -0.2) is 9.59 Å². The second kappa shape index (κ2) is 13.5. The molecule has 0 aliphatic heterocycles. The highest BCUT2D eigenvalue weighted by Crippen LogP contribution is 2.28. The number of aliphatic carboxylic acids is 1. The number of carbonyl (C=O) groups excluding carboxylic acids is 2. The fourth-order valence-corrected chi connectivity index (χ4v) is 3.68. The minimum atomic E-state index is -1.30. The average Bonchev–Trinajstić information content (AvgIpc) is 2.90. The Morgan fingerprint density at radius 2 is 1.49 bits per heavy atom. The lowest BCUT2D eigenvalue weighted by Gasteiger charge is -2.28. The lowest BCUT2D eigenvalue weighted by atomic mass is 10.1. The number of carboxylic acids is 1. The van der Waals surface area contributed by atoms with Crippen molar-refractivity contribution in [2.24, 2.45) is 5.73 Å². The molecule has 0 aromatic heterocycles.